The first-order chi connectivity index (χ1) is 17.1. The zero-order chi connectivity index (χ0) is 23.9. The van der Waals surface area contributed by atoms with Crippen molar-refractivity contribution in [2.24, 2.45) is 0 Å². The van der Waals surface area contributed by atoms with Crippen molar-refractivity contribution in [2.45, 2.75) is 26.4 Å². The van der Waals surface area contributed by atoms with E-state index < -0.39 is 5.97 Å². The predicted octanol–water partition coefficient (Wildman–Crippen LogP) is 4.99. The molecule has 0 saturated carbocycles. The highest BCUT2D eigenvalue weighted by Crippen LogP contribution is 2.37. The fraction of sp³-hybridized carbons (Fsp3) is 0.143. The van der Waals surface area contributed by atoms with Gasteiger partial charge < -0.3 is 9.15 Å². The topological polar surface area (TPSA) is 86.7 Å². The van der Waals surface area contributed by atoms with Gasteiger partial charge in [-0.05, 0) is 67.3 Å². The maximum absolute atomic E-state index is 13.4. The summed E-state index contributed by atoms with van der Waals surface area (Å²) in [5.74, 6) is 0.293. The van der Waals surface area contributed by atoms with Gasteiger partial charge in [0.2, 0.25) is 0 Å². The molecule has 0 amide bonds. The quantitative estimate of drug-likeness (QED) is 0.349. The van der Waals surface area contributed by atoms with E-state index in [1.165, 1.54) is 10.5 Å². The van der Waals surface area contributed by atoms with Gasteiger partial charge >= 0.3 is 5.97 Å². The number of aromatic nitrogens is 3. The van der Waals surface area contributed by atoms with Crippen LogP contribution in [-0.2, 0) is 17.8 Å². The minimum absolute atomic E-state index is 0.0982. The third kappa shape index (κ3) is 3.71. The van der Waals surface area contributed by atoms with Gasteiger partial charge in [-0.25, -0.2) is 14.8 Å². The summed E-state index contributed by atoms with van der Waals surface area (Å²) in [6, 6.07) is 18.1. The summed E-state index contributed by atoms with van der Waals surface area (Å²) in [6.07, 6.45) is 5.03. The number of furan rings is 1. The molecule has 0 spiro atoms. The number of pyridine rings is 2. The van der Waals surface area contributed by atoms with Crippen LogP contribution in [0.4, 0.5) is 0 Å². The van der Waals surface area contributed by atoms with Crippen LogP contribution in [0.1, 0.15) is 45.2 Å². The van der Waals surface area contributed by atoms with E-state index in [9.17, 15) is 9.59 Å². The lowest BCUT2D eigenvalue weighted by Gasteiger charge is -2.12. The molecule has 0 bridgehead atoms. The van der Waals surface area contributed by atoms with E-state index in [-0.39, 0.29) is 12.2 Å². The number of hydrogen-bond acceptors (Lipinski definition) is 6. The molecule has 7 heteroatoms. The Morgan fingerprint density at radius 3 is 2.83 bits per heavy atom. The second-order valence-electron chi connectivity index (χ2n) is 8.54. The van der Waals surface area contributed by atoms with Crippen LogP contribution >= 0.6 is 0 Å². The van der Waals surface area contributed by atoms with Gasteiger partial charge in [-0.15, -0.1) is 0 Å². The van der Waals surface area contributed by atoms with Crippen molar-refractivity contribution in [3.8, 4) is 0 Å². The second-order valence-corrected chi connectivity index (χ2v) is 8.54. The van der Waals surface area contributed by atoms with Crippen molar-refractivity contribution < 1.29 is 13.9 Å². The number of fused-ring (bicyclic) bond motifs is 3. The van der Waals surface area contributed by atoms with E-state index in [2.05, 4.69) is 4.98 Å². The van der Waals surface area contributed by atoms with Gasteiger partial charge in [0, 0.05) is 17.1 Å². The molecule has 4 heterocycles. The van der Waals surface area contributed by atoms with Gasteiger partial charge in [-0.1, -0.05) is 24.3 Å². The number of ether oxygens (including phenoxy) is 1. The molecule has 35 heavy (non-hydrogen) atoms. The van der Waals surface area contributed by atoms with Crippen molar-refractivity contribution in [3.05, 3.63) is 111 Å². The highest BCUT2D eigenvalue weighted by Gasteiger charge is 2.28. The molecule has 1 aliphatic rings. The normalized spacial score (nSPS) is 14.0. The Hall–Kier alpha value is -4.52. The average molecular weight is 463 g/mol. The molecule has 7 nitrogen and oxygen atoms in total. The maximum Gasteiger partial charge on any atom is 0.339 e. The van der Waals surface area contributed by atoms with E-state index in [1.807, 2.05) is 61.5 Å². The Balaban J connectivity index is 1.37. The van der Waals surface area contributed by atoms with Gasteiger partial charge in [0.25, 0.3) is 5.56 Å². The Morgan fingerprint density at radius 2 is 1.97 bits per heavy atom. The van der Waals surface area contributed by atoms with Crippen molar-refractivity contribution in [1.82, 2.24) is 14.4 Å². The monoisotopic (exact) mass is 463 g/mol. The van der Waals surface area contributed by atoms with Crippen molar-refractivity contribution in [2.75, 3.05) is 0 Å². The number of esters is 1. The molecule has 6 rings (SSSR count). The number of allylic oxidation sites excluding steroid dienone is 1. The van der Waals surface area contributed by atoms with E-state index >= 15 is 0 Å². The summed E-state index contributed by atoms with van der Waals surface area (Å²) >= 11 is 0. The van der Waals surface area contributed by atoms with Crippen LogP contribution in [0.25, 0.3) is 28.2 Å². The number of hydrogen-bond donors (Lipinski definition) is 0. The molecule has 0 aliphatic heterocycles. The molecule has 0 unspecified atom stereocenters. The van der Waals surface area contributed by atoms with Crippen LogP contribution in [0, 0.1) is 6.92 Å². The summed E-state index contributed by atoms with van der Waals surface area (Å²) in [7, 11) is 0. The first-order valence-corrected chi connectivity index (χ1v) is 11.4. The molecule has 0 radical (unpaired) electrons. The largest absolute Gasteiger partial charge is 0.465 e. The molecule has 172 valence electrons. The molecule has 4 aromatic heterocycles. The van der Waals surface area contributed by atoms with Gasteiger partial charge in [0.05, 0.1) is 28.7 Å². The Bertz CT molecular complexity index is 1700. The Labute approximate surface area is 200 Å². The fourth-order valence-electron chi connectivity index (χ4n) is 4.71. The Morgan fingerprint density at radius 1 is 1.09 bits per heavy atom. The minimum atomic E-state index is -0.453. The fourth-order valence-corrected chi connectivity index (χ4v) is 4.71. The summed E-state index contributed by atoms with van der Waals surface area (Å²) in [5.41, 5.74) is 5.44. The van der Waals surface area contributed by atoms with Gasteiger partial charge in [0.15, 0.2) is 0 Å². The van der Waals surface area contributed by atoms with Crippen LogP contribution in [0.5, 0.6) is 0 Å². The third-order valence-corrected chi connectivity index (χ3v) is 6.29. The molecule has 1 aromatic carbocycles. The number of carbonyl (C=O) groups is 1. The first-order valence-electron chi connectivity index (χ1n) is 11.4. The number of carbonyl (C=O) groups excluding carboxylic acids is 1. The van der Waals surface area contributed by atoms with Gasteiger partial charge in [0.1, 0.15) is 18.0 Å². The van der Waals surface area contributed by atoms with Gasteiger partial charge in [-0.2, -0.15) is 0 Å². The lowest BCUT2D eigenvalue weighted by Crippen LogP contribution is -2.18. The lowest BCUT2D eigenvalue weighted by atomic mass is 10.0. The molecule has 0 saturated heterocycles. The zero-order valence-corrected chi connectivity index (χ0v) is 19.0. The summed E-state index contributed by atoms with van der Waals surface area (Å²) < 4.78 is 12.7. The minimum Gasteiger partial charge on any atom is -0.465 e. The Kier molecular flexibility index (Phi) is 5.03. The lowest BCUT2D eigenvalue weighted by molar-refractivity contribution is 0.0469. The predicted molar refractivity (Wildman–Crippen MR) is 132 cm³/mol. The van der Waals surface area contributed by atoms with Crippen LogP contribution in [0.3, 0.4) is 0 Å². The molecule has 1 aliphatic carbocycles. The van der Waals surface area contributed by atoms with Crippen LogP contribution < -0.4 is 5.56 Å². The smallest absolute Gasteiger partial charge is 0.339 e. The van der Waals surface area contributed by atoms with Crippen molar-refractivity contribution >= 4 is 34.2 Å². The third-order valence-electron chi connectivity index (χ3n) is 6.29. The van der Waals surface area contributed by atoms with E-state index in [0.29, 0.717) is 23.3 Å². The van der Waals surface area contributed by atoms with Crippen LogP contribution in [0.2, 0.25) is 0 Å². The first kappa shape index (κ1) is 21.0. The standard InChI is InChI=1S/C28H21N3O4/c1-17-6-4-10-24-29-19(15-25(32)31(17)24)16-35-28(33)26-21-8-2-3-9-23(21)30-27-18(11-12-22(26)27)14-20-7-5-13-34-20/h2-10,13-15H,11-12,16H2,1H3/b18-14+. The van der Waals surface area contributed by atoms with E-state index in [1.54, 1.807) is 12.3 Å². The zero-order valence-electron chi connectivity index (χ0n) is 19.0. The summed E-state index contributed by atoms with van der Waals surface area (Å²) in [6.45, 7) is 1.75. The molecule has 5 aromatic rings. The number of aryl methyl sites for hydroxylation is 1. The second kappa shape index (κ2) is 8.36. The molecule has 0 N–H and O–H groups in total. The molecule has 0 fully saturated rings. The number of para-hydroxylation sites is 1. The van der Waals surface area contributed by atoms with E-state index in [4.69, 9.17) is 14.1 Å². The number of rotatable bonds is 4. The molecular formula is C28H21N3O4. The SMILES string of the molecule is Cc1cccc2nc(COC(=O)c3c4c(nc5ccccc35)/C(=C/c3ccco3)CC4)cc(=O)n12. The van der Waals surface area contributed by atoms with Crippen LogP contribution in [-0.4, -0.2) is 20.3 Å². The summed E-state index contributed by atoms with van der Waals surface area (Å²) in [4.78, 5) is 35.4. The highest BCUT2D eigenvalue weighted by molar-refractivity contribution is 6.07. The maximum atomic E-state index is 13.4. The van der Waals surface area contributed by atoms with E-state index in [0.717, 1.165) is 45.6 Å². The number of nitrogens with zero attached hydrogens (tertiary/aromatic N) is 3. The van der Waals surface area contributed by atoms with Crippen molar-refractivity contribution in [1.29, 1.82) is 0 Å². The molecular weight excluding hydrogens is 442 g/mol. The van der Waals surface area contributed by atoms with Crippen LogP contribution in [0.15, 0.2) is 76.1 Å². The average Bonchev–Trinajstić information content (AvgIpc) is 3.51. The number of benzene rings is 1. The summed E-state index contributed by atoms with van der Waals surface area (Å²) in [5, 5.41) is 0.748. The van der Waals surface area contributed by atoms with Gasteiger partial charge in [-0.3, -0.25) is 9.20 Å². The highest BCUT2D eigenvalue weighted by atomic mass is 16.5. The molecule has 0 atom stereocenters. The van der Waals surface area contributed by atoms with Crippen molar-refractivity contribution in [3.63, 3.8) is 0 Å².